The van der Waals surface area contributed by atoms with E-state index in [1.165, 1.54) is 18.2 Å². The second-order valence-electron chi connectivity index (χ2n) is 4.97. The van der Waals surface area contributed by atoms with Crippen LogP contribution in [0.3, 0.4) is 0 Å². The van der Waals surface area contributed by atoms with E-state index in [4.69, 9.17) is 4.74 Å². The van der Waals surface area contributed by atoms with Gasteiger partial charge in [0.05, 0.1) is 7.11 Å². The number of amides is 1. The fourth-order valence-electron chi connectivity index (χ4n) is 2.00. The molecule has 5 nitrogen and oxygen atoms in total. The van der Waals surface area contributed by atoms with E-state index >= 15 is 0 Å². The van der Waals surface area contributed by atoms with Gasteiger partial charge in [0.1, 0.15) is 5.75 Å². The number of methoxy groups -OCH3 is 1. The number of aromatic hydroxyl groups is 2. The van der Waals surface area contributed by atoms with Crippen molar-refractivity contribution in [3.63, 3.8) is 0 Å². The van der Waals surface area contributed by atoms with Crippen molar-refractivity contribution in [2.75, 3.05) is 13.7 Å². The Kier molecular flexibility index (Phi) is 5.63. The van der Waals surface area contributed by atoms with Gasteiger partial charge in [-0.3, -0.25) is 4.79 Å². The fraction of sp³-hybridized carbons (Fsp3) is 0.167. The second kappa shape index (κ2) is 7.89. The van der Waals surface area contributed by atoms with Crippen molar-refractivity contribution in [3.8, 4) is 17.2 Å². The normalized spacial score (nSPS) is 10.7. The quantitative estimate of drug-likeness (QED) is 0.565. The standard InChI is InChI=1S/C18H19NO4/c1-23-15-6-2-13(3-7-15)5-9-18(22)19-11-10-14-4-8-16(20)17(21)12-14/h2-9,12,20-21H,10-11H2,1H3,(H,19,22). The summed E-state index contributed by atoms with van der Waals surface area (Å²) in [6.45, 7) is 0.440. The highest BCUT2D eigenvalue weighted by Gasteiger charge is 2.01. The van der Waals surface area contributed by atoms with Crippen molar-refractivity contribution < 1.29 is 19.7 Å². The first-order chi connectivity index (χ1) is 11.1. The summed E-state index contributed by atoms with van der Waals surface area (Å²) in [7, 11) is 1.60. The summed E-state index contributed by atoms with van der Waals surface area (Å²) in [4.78, 5) is 11.7. The summed E-state index contributed by atoms with van der Waals surface area (Å²) < 4.78 is 5.07. The maximum Gasteiger partial charge on any atom is 0.244 e. The molecule has 0 heterocycles. The maximum absolute atomic E-state index is 11.7. The van der Waals surface area contributed by atoms with Crippen LogP contribution in [-0.4, -0.2) is 29.8 Å². The van der Waals surface area contributed by atoms with Crippen molar-refractivity contribution in [1.82, 2.24) is 5.32 Å². The fourth-order valence-corrected chi connectivity index (χ4v) is 2.00. The van der Waals surface area contributed by atoms with E-state index < -0.39 is 0 Å². The number of nitrogens with one attached hydrogen (secondary N) is 1. The molecule has 120 valence electrons. The van der Waals surface area contributed by atoms with Crippen LogP contribution in [0.5, 0.6) is 17.2 Å². The van der Waals surface area contributed by atoms with Crippen LogP contribution in [-0.2, 0) is 11.2 Å². The van der Waals surface area contributed by atoms with Crippen LogP contribution in [0.2, 0.25) is 0 Å². The molecule has 3 N–H and O–H groups in total. The zero-order valence-electron chi connectivity index (χ0n) is 12.8. The highest BCUT2D eigenvalue weighted by molar-refractivity contribution is 5.91. The maximum atomic E-state index is 11.7. The predicted molar refractivity (Wildman–Crippen MR) is 88.5 cm³/mol. The van der Waals surface area contributed by atoms with Gasteiger partial charge in [-0.2, -0.15) is 0 Å². The molecule has 2 aromatic rings. The van der Waals surface area contributed by atoms with Crippen molar-refractivity contribution >= 4 is 12.0 Å². The topological polar surface area (TPSA) is 78.8 Å². The van der Waals surface area contributed by atoms with Crippen LogP contribution in [0, 0.1) is 0 Å². The molecule has 0 aromatic heterocycles. The van der Waals surface area contributed by atoms with E-state index in [1.807, 2.05) is 24.3 Å². The van der Waals surface area contributed by atoms with E-state index in [0.717, 1.165) is 16.9 Å². The van der Waals surface area contributed by atoms with Crippen LogP contribution in [0.4, 0.5) is 0 Å². The Labute approximate surface area is 134 Å². The third-order valence-corrected chi connectivity index (χ3v) is 3.30. The van der Waals surface area contributed by atoms with Gasteiger partial charge >= 0.3 is 0 Å². The van der Waals surface area contributed by atoms with Crippen LogP contribution in [0.1, 0.15) is 11.1 Å². The van der Waals surface area contributed by atoms with Crippen LogP contribution in [0.25, 0.3) is 6.08 Å². The number of phenolic OH excluding ortho intramolecular Hbond substituents is 2. The third kappa shape index (κ3) is 5.07. The number of hydrogen-bond acceptors (Lipinski definition) is 4. The Balaban J connectivity index is 1.79. The molecule has 0 aliphatic carbocycles. The first-order valence-corrected chi connectivity index (χ1v) is 7.19. The molecule has 2 aromatic carbocycles. The van der Waals surface area contributed by atoms with Crippen LogP contribution in [0.15, 0.2) is 48.5 Å². The number of rotatable bonds is 6. The van der Waals surface area contributed by atoms with Gasteiger partial charge in [-0.15, -0.1) is 0 Å². The Bertz CT molecular complexity index is 693. The first kappa shape index (κ1) is 16.4. The van der Waals surface area contributed by atoms with Gasteiger partial charge in [0.15, 0.2) is 11.5 Å². The molecule has 0 saturated heterocycles. The summed E-state index contributed by atoms with van der Waals surface area (Å²) in [5, 5.41) is 21.4. The SMILES string of the molecule is COc1ccc(C=CC(=O)NCCc2ccc(O)c(O)c2)cc1. The highest BCUT2D eigenvalue weighted by atomic mass is 16.5. The summed E-state index contributed by atoms with van der Waals surface area (Å²) in [6, 6.07) is 12.0. The van der Waals surface area contributed by atoms with Gasteiger partial charge in [0, 0.05) is 12.6 Å². The van der Waals surface area contributed by atoms with Gasteiger partial charge in [-0.1, -0.05) is 18.2 Å². The molecule has 1 amide bonds. The average Bonchev–Trinajstić information content (AvgIpc) is 2.56. The molecule has 0 aliphatic rings. The van der Waals surface area contributed by atoms with Crippen molar-refractivity contribution in [2.24, 2.45) is 0 Å². The molecule has 0 unspecified atom stereocenters. The number of carbonyl (C=O) groups is 1. The number of carbonyl (C=O) groups excluding carboxylic acids is 1. The summed E-state index contributed by atoms with van der Waals surface area (Å²) in [5.74, 6) is 0.265. The molecule has 0 aliphatic heterocycles. The summed E-state index contributed by atoms with van der Waals surface area (Å²) in [6.07, 6.45) is 3.76. The smallest absolute Gasteiger partial charge is 0.244 e. The van der Waals surface area contributed by atoms with Crippen molar-refractivity contribution in [3.05, 3.63) is 59.7 Å². The van der Waals surface area contributed by atoms with Crippen molar-refractivity contribution in [2.45, 2.75) is 6.42 Å². The lowest BCUT2D eigenvalue weighted by atomic mass is 10.1. The molecular formula is C18H19NO4. The molecule has 23 heavy (non-hydrogen) atoms. The molecule has 2 rings (SSSR count). The molecule has 0 saturated carbocycles. The lowest BCUT2D eigenvalue weighted by molar-refractivity contribution is -0.116. The number of benzene rings is 2. The van der Waals surface area contributed by atoms with Gasteiger partial charge in [0.2, 0.25) is 5.91 Å². The van der Waals surface area contributed by atoms with E-state index in [0.29, 0.717) is 13.0 Å². The molecule has 0 bridgehead atoms. The molecule has 0 atom stereocenters. The number of hydrogen-bond donors (Lipinski definition) is 3. The lowest BCUT2D eigenvalue weighted by Gasteiger charge is -2.04. The van der Waals surface area contributed by atoms with E-state index in [9.17, 15) is 15.0 Å². The first-order valence-electron chi connectivity index (χ1n) is 7.19. The molecule has 0 radical (unpaired) electrons. The Morgan fingerprint density at radius 1 is 1.13 bits per heavy atom. The van der Waals surface area contributed by atoms with E-state index in [1.54, 1.807) is 19.3 Å². The lowest BCUT2D eigenvalue weighted by Crippen LogP contribution is -2.23. The zero-order chi connectivity index (χ0) is 16.7. The molecular weight excluding hydrogens is 294 g/mol. The summed E-state index contributed by atoms with van der Waals surface area (Å²) >= 11 is 0. The van der Waals surface area contributed by atoms with Crippen LogP contribution >= 0.6 is 0 Å². The molecule has 0 spiro atoms. The second-order valence-corrected chi connectivity index (χ2v) is 4.97. The van der Waals surface area contributed by atoms with Crippen LogP contribution < -0.4 is 10.1 Å². The van der Waals surface area contributed by atoms with Gasteiger partial charge < -0.3 is 20.3 Å². The third-order valence-electron chi connectivity index (χ3n) is 3.30. The monoisotopic (exact) mass is 313 g/mol. The summed E-state index contributed by atoms with van der Waals surface area (Å²) in [5.41, 5.74) is 1.74. The van der Waals surface area contributed by atoms with Gasteiger partial charge in [0.25, 0.3) is 0 Å². The number of ether oxygens (including phenoxy) is 1. The van der Waals surface area contributed by atoms with E-state index in [2.05, 4.69) is 5.32 Å². The Morgan fingerprint density at radius 3 is 2.52 bits per heavy atom. The van der Waals surface area contributed by atoms with Gasteiger partial charge in [-0.05, 0) is 47.9 Å². The van der Waals surface area contributed by atoms with E-state index in [-0.39, 0.29) is 17.4 Å². The Morgan fingerprint density at radius 2 is 1.87 bits per heavy atom. The minimum Gasteiger partial charge on any atom is -0.504 e. The highest BCUT2D eigenvalue weighted by Crippen LogP contribution is 2.24. The van der Waals surface area contributed by atoms with Gasteiger partial charge in [-0.25, -0.2) is 0 Å². The van der Waals surface area contributed by atoms with Crippen molar-refractivity contribution in [1.29, 1.82) is 0 Å². The average molecular weight is 313 g/mol. The molecule has 0 fully saturated rings. The molecule has 5 heteroatoms. The zero-order valence-corrected chi connectivity index (χ0v) is 12.8. The minimum absolute atomic E-state index is 0.153. The Hall–Kier alpha value is -2.95. The largest absolute Gasteiger partial charge is 0.504 e. The minimum atomic E-state index is -0.191. The predicted octanol–water partition coefficient (Wildman–Crippen LogP) is 2.48. The number of phenols is 2.